The van der Waals surface area contributed by atoms with Crippen molar-refractivity contribution in [3.05, 3.63) is 0 Å². The van der Waals surface area contributed by atoms with Crippen LogP contribution in [-0.2, 0) is 9.59 Å². The maximum atomic E-state index is 11.6. The Morgan fingerprint density at radius 2 is 2.12 bits per heavy atom. The number of piperidine rings is 1. The summed E-state index contributed by atoms with van der Waals surface area (Å²) < 4.78 is 0. The van der Waals surface area contributed by atoms with Gasteiger partial charge in [-0.15, -0.1) is 0 Å². The molecule has 5 nitrogen and oxygen atoms in total. The molecule has 1 saturated heterocycles. The summed E-state index contributed by atoms with van der Waals surface area (Å²) >= 11 is 0. The predicted octanol–water partition coefficient (Wildman–Crippen LogP) is -0.231. The van der Waals surface area contributed by atoms with E-state index in [0.29, 0.717) is 0 Å². The van der Waals surface area contributed by atoms with Crippen LogP contribution in [-0.4, -0.2) is 37.0 Å². The van der Waals surface area contributed by atoms with Gasteiger partial charge < -0.3 is 16.0 Å². The molecule has 0 aromatic carbocycles. The molecule has 0 aromatic rings. The number of amides is 2. The molecule has 5 heteroatoms. The second-order valence-corrected chi connectivity index (χ2v) is 4.44. The average molecular weight is 227 g/mol. The van der Waals surface area contributed by atoms with Crippen molar-refractivity contribution in [2.24, 2.45) is 0 Å². The first kappa shape index (κ1) is 13.0. The van der Waals surface area contributed by atoms with E-state index in [9.17, 15) is 9.59 Å². The van der Waals surface area contributed by atoms with E-state index in [0.717, 1.165) is 25.8 Å². The van der Waals surface area contributed by atoms with Crippen molar-refractivity contribution in [3.8, 4) is 0 Å². The van der Waals surface area contributed by atoms with Gasteiger partial charge in [-0.2, -0.15) is 0 Å². The summed E-state index contributed by atoms with van der Waals surface area (Å²) in [6, 6.07) is -0.0159. The number of hydrogen-bond acceptors (Lipinski definition) is 3. The number of rotatable bonds is 4. The Morgan fingerprint density at radius 3 is 2.69 bits per heavy atom. The Hall–Kier alpha value is -1.10. The molecular weight excluding hydrogens is 206 g/mol. The van der Waals surface area contributed by atoms with Crippen molar-refractivity contribution < 1.29 is 9.59 Å². The maximum Gasteiger partial charge on any atom is 0.239 e. The Kier molecular flexibility index (Phi) is 5.25. The molecule has 1 heterocycles. The molecule has 2 amide bonds. The van der Waals surface area contributed by atoms with Crippen LogP contribution in [0.4, 0.5) is 0 Å². The molecule has 1 aliphatic heterocycles. The molecule has 1 aliphatic rings. The molecule has 16 heavy (non-hydrogen) atoms. The molecule has 1 fully saturated rings. The standard InChI is InChI=1S/C11H21N3O2/c1-8(2)14-10(15)7-13-11(16)9-5-3-4-6-12-9/h8-9,12H,3-7H2,1-2H3,(H,13,16)(H,14,15)/t9-/m0/s1. The van der Waals surface area contributed by atoms with Gasteiger partial charge in [-0.1, -0.05) is 6.42 Å². The molecule has 0 aromatic heterocycles. The van der Waals surface area contributed by atoms with Crippen molar-refractivity contribution in [1.82, 2.24) is 16.0 Å². The van der Waals surface area contributed by atoms with Crippen LogP contribution in [0.5, 0.6) is 0 Å². The minimum Gasteiger partial charge on any atom is -0.352 e. The van der Waals surface area contributed by atoms with E-state index in [1.807, 2.05) is 13.8 Å². The van der Waals surface area contributed by atoms with Crippen molar-refractivity contribution in [3.63, 3.8) is 0 Å². The summed E-state index contributed by atoms with van der Waals surface area (Å²) in [5, 5.41) is 8.51. The highest BCUT2D eigenvalue weighted by atomic mass is 16.2. The summed E-state index contributed by atoms with van der Waals surface area (Å²) in [6.45, 7) is 4.73. The number of nitrogens with one attached hydrogen (secondary N) is 3. The minimum absolute atomic E-state index is 0.0647. The second-order valence-electron chi connectivity index (χ2n) is 4.44. The molecule has 0 saturated carbocycles. The van der Waals surface area contributed by atoms with E-state index in [1.165, 1.54) is 0 Å². The van der Waals surface area contributed by atoms with Gasteiger partial charge >= 0.3 is 0 Å². The van der Waals surface area contributed by atoms with Gasteiger partial charge in [0.05, 0.1) is 12.6 Å². The average Bonchev–Trinajstić information content (AvgIpc) is 2.26. The van der Waals surface area contributed by atoms with Crippen LogP contribution in [0.15, 0.2) is 0 Å². The predicted molar refractivity (Wildman–Crippen MR) is 61.9 cm³/mol. The lowest BCUT2D eigenvalue weighted by Gasteiger charge is -2.22. The third-order valence-electron chi connectivity index (χ3n) is 2.50. The molecular formula is C11H21N3O2. The Balaban J connectivity index is 2.21. The fraction of sp³-hybridized carbons (Fsp3) is 0.818. The zero-order chi connectivity index (χ0) is 12.0. The Morgan fingerprint density at radius 1 is 1.38 bits per heavy atom. The lowest BCUT2D eigenvalue weighted by Crippen LogP contribution is -2.49. The van der Waals surface area contributed by atoms with Gasteiger partial charge in [-0.3, -0.25) is 9.59 Å². The summed E-state index contributed by atoms with van der Waals surface area (Å²) in [5.74, 6) is -0.210. The van der Waals surface area contributed by atoms with E-state index in [4.69, 9.17) is 0 Å². The van der Waals surface area contributed by atoms with Gasteiger partial charge in [-0.05, 0) is 33.2 Å². The summed E-state index contributed by atoms with van der Waals surface area (Å²) in [4.78, 5) is 22.9. The van der Waals surface area contributed by atoms with Crippen molar-refractivity contribution in [1.29, 1.82) is 0 Å². The monoisotopic (exact) mass is 227 g/mol. The van der Waals surface area contributed by atoms with Crippen LogP contribution in [0.2, 0.25) is 0 Å². The van der Waals surface area contributed by atoms with Gasteiger partial charge in [0, 0.05) is 6.04 Å². The van der Waals surface area contributed by atoms with Crippen molar-refractivity contribution in [2.75, 3.05) is 13.1 Å². The second kappa shape index (κ2) is 6.48. The molecule has 92 valence electrons. The number of carbonyl (C=O) groups excluding carboxylic acids is 2. The van der Waals surface area contributed by atoms with Gasteiger partial charge in [0.25, 0.3) is 0 Å². The summed E-state index contributed by atoms with van der Waals surface area (Å²) in [6.07, 6.45) is 3.05. The van der Waals surface area contributed by atoms with Crippen LogP contribution >= 0.6 is 0 Å². The van der Waals surface area contributed by atoms with Crippen LogP contribution in [0.1, 0.15) is 33.1 Å². The highest BCUT2D eigenvalue weighted by Gasteiger charge is 2.20. The van der Waals surface area contributed by atoms with E-state index in [2.05, 4.69) is 16.0 Å². The summed E-state index contributed by atoms with van der Waals surface area (Å²) in [5.41, 5.74) is 0. The summed E-state index contributed by atoms with van der Waals surface area (Å²) in [7, 11) is 0. The van der Waals surface area contributed by atoms with Crippen molar-refractivity contribution in [2.45, 2.75) is 45.2 Å². The first-order valence-corrected chi connectivity index (χ1v) is 5.90. The van der Waals surface area contributed by atoms with Gasteiger partial charge in [0.2, 0.25) is 11.8 Å². The zero-order valence-electron chi connectivity index (χ0n) is 10.0. The highest BCUT2D eigenvalue weighted by Crippen LogP contribution is 2.06. The first-order chi connectivity index (χ1) is 7.59. The van der Waals surface area contributed by atoms with Crippen LogP contribution in [0, 0.1) is 0 Å². The fourth-order valence-electron chi connectivity index (χ4n) is 1.74. The Labute approximate surface area is 96.4 Å². The molecule has 1 atom stereocenters. The third kappa shape index (κ3) is 4.61. The maximum absolute atomic E-state index is 11.6. The fourth-order valence-corrected chi connectivity index (χ4v) is 1.74. The minimum atomic E-state index is -0.140. The molecule has 0 spiro atoms. The SMILES string of the molecule is CC(C)NC(=O)CNC(=O)[C@@H]1CCCCN1. The molecule has 0 radical (unpaired) electrons. The van der Waals surface area contributed by atoms with Crippen LogP contribution in [0.3, 0.4) is 0 Å². The Bertz CT molecular complexity index is 248. The highest BCUT2D eigenvalue weighted by molar-refractivity contribution is 5.87. The number of carbonyl (C=O) groups is 2. The van der Waals surface area contributed by atoms with Crippen molar-refractivity contribution >= 4 is 11.8 Å². The van der Waals surface area contributed by atoms with Gasteiger partial charge in [0.15, 0.2) is 0 Å². The van der Waals surface area contributed by atoms with E-state index < -0.39 is 0 Å². The van der Waals surface area contributed by atoms with E-state index in [-0.39, 0.29) is 30.4 Å². The van der Waals surface area contributed by atoms with Crippen LogP contribution in [0.25, 0.3) is 0 Å². The zero-order valence-corrected chi connectivity index (χ0v) is 10.0. The smallest absolute Gasteiger partial charge is 0.239 e. The van der Waals surface area contributed by atoms with Gasteiger partial charge in [-0.25, -0.2) is 0 Å². The molecule has 0 aliphatic carbocycles. The third-order valence-corrected chi connectivity index (χ3v) is 2.50. The lowest BCUT2D eigenvalue weighted by molar-refractivity contribution is -0.127. The molecule has 0 unspecified atom stereocenters. The topological polar surface area (TPSA) is 70.2 Å². The normalized spacial score (nSPS) is 20.6. The number of hydrogen-bond donors (Lipinski definition) is 3. The van der Waals surface area contributed by atoms with Gasteiger partial charge in [0.1, 0.15) is 0 Å². The molecule has 1 rings (SSSR count). The van der Waals surface area contributed by atoms with E-state index >= 15 is 0 Å². The first-order valence-electron chi connectivity index (χ1n) is 5.90. The van der Waals surface area contributed by atoms with Crippen LogP contribution < -0.4 is 16.0 Å². The van der Waals surface area contributed by atoms with E-state index in [1.54, 1.807) is 0 Å². The molecule has 3 N–H and O–H groups in total. The largest absolute Gasteiger partial charge is 0.352 e. The quantitative estimate of drug-likeness (QED) is 0.621. The lowest BCUT2D eigenvalue weighted by atomic mass is 10.0. The molecule has 0 bridgehead atoms.